The van der Waals surface area contributed by atoms with Gasteiger partial charge in [-0.2, -0.15) is 0 Å². The van der Waals surface area contributed by atoms with E-state index in [4.69, 9.17) is 4.74 Å². The van der Waals surface area contributed by atoms with Gasteiger partial charge in [-0.15, -0.1) is 0 Å². The minimum atomic E-state index is 0.766. The van der Waals surface area contributed by atoms with E-state index >= 15 is 0 Å². The molecule has 0 aliphatic carbocycles. The predicted molar refractivity (Wildman–Crippen MR) is 79.8 cm³/mol. The Balaban J connectivity index is 2.71. The highest BCUT2D eigenvalue weighted by molar-refractivity contribution is 5.57. The maximum absolute atomic E-state index is 5.05. The zero-order valence-corrected chi connectivity index (χ0v) is 12.3. The minimum absolute atomic E-state index is 0.766. The third-order valence-electron chi connectivity index (χ3n) is 2.81. The molecule has 1 aromatic heterocycles. The van der Waals surface area contributed by atoms with Gasteiger partial charge in [-0.25, -0.2) is 9.97 Å². The molecule has 5 nitrogen and oxygen atoms in total. The molecule has 0 spiro atoms. The first kappa shape index (κ1) is 15.7. The largest absolute Gasteiger partial charge is 0.385 e. The molecular weight excluding hydrogens is 240 g/mol. The van der Waals surface area contributed by atoms with Gasteiger partial charge >= 0.3 is 0 Å². The lowest BCUT2D eigenvalue weighted by atomic mass is 10.1. The molecule has 0 saturated heterocycles. The minimum Gasteiger partial charge on any atom is -0.385 e. The van der Waals surface area contributed by atoms with Crippen LogP contribution in [-0.4, -0.2) is 36.8 Å². The Labute approximate surface area is 116 Å². The van der Waals surface area contributed by atoms with Crippen molar-refractivity contribution in [3.05, 3.63) is 11.9 Å². The lowest BCUT2D eigenvalue weighted by molar-refractivity contribution is 0.197. The molecule has 0 saturated carbocycles. The Hall–Kier alpha value is -1.36. The molecule has 108 valence electrons. The van der Waals surface area contributed by atoms with Gasteiger partial charge in [0, 0.05) is 32.4 Å². The van der Waals surface area contributed by atoms with Crippen LogP contribution in [-0.2, 0) is 11.2 Å². The summed E-state index contributed by atoms with van der Waals surface area (Å²) in [6, 6.07) is 0. The van der Waals surface area contributed by atoms with E-state index in [1.54, 1.807) is 13.4 Å². The zero-order chi connectivity index (χ0) is 13.9. The van der Waals surface area contributed by atoms with Gasteiger partial charge < -0.3 is 15.4 Å². The fraction of sp³-hybridized carbons (Fsp3) is 0.714. The molecule has 0 aliphatic rings. The zero-order valence-electron chi connectivity index (χ0n) is 12.3. The third kappa shape index (κ3) is 5.42. The summed E-state index contributed by atoms with van der Waals surface area (Å²) in [4.78, 5) is 8.71. The number of nitrogens with zero attached hydrogens (tertiary/aromatic N) is 2. The van der Waals surface area contributed by atoms with Crippen molar-refractivity contribution < 1.29 is 4.74 Å². The molecule has 1 aromatic rings. The maximum Gasteiger partial charge on any atom is 0.134 e. The van der Waals surface area contributed by atoms with E-state index in [1.807, 2.05) is 0 Å². The summed E-state index contributed by atoms with van der Waals surface area (Å²) < 4.78 is 5.05. The second-order valence-corrected chi connectivity index (χ2v) is 4.50. The van der Waals surface area contributed by atoms with Crippen LogP contribution in [0.3, 0.4) is 0 Å². The van der Waals surface area contributed by atoms with Crippen LogP contribution >= 0.6 is 0 Å². The van der Waals surface area contributed by atoms with Gasteiger partial charge in [-0.05, 0) is 19.3 Å². The summed E-state index contributed by atoms with van der Waals surface area (Å²) in [5.41, 5.74) is 1.19. The van der Waals surface area contributed by atoms with Crippen LogP contribution in [0.1, 0.15) is 38.7 Å². The normalized spacial score (nSPS) is 10.5. The van der Waals surface area contributed by atoms with Crippen LogP contribution in [0.25, 0.3) is 0 Å². The molecule has 0 bridgehead atoms. The average molecular weight is 266 g/mol. The number of hydrogen-bond acceptors (Lipinski definition) is 5. The lowest BCUT2D eigenvalue weighted by Gasteiger charge is -2.14. The number of nitrogens with one attached hydrogen (secondary N) is 2. The van der Waals surface area contributed by atoms with Crippen LogP contribution in [0.15, 0.2) is 6.33 Å². The Morgan fingerprint density at radius 1 is 1.05 bits per heavy atom. The molecule has 1 heterocycles. The van der Waals surface area contributed by atoms with Crippen molar-refractivity contribution >= 4 is 11.6 Å². The third-order valence-corrected chi connectivity index (χ3v) is 2.81. The van der Waals surface area contributed by atoms with E-state index in [0.29, 0.717) is 0 Å². The van der Waals surface area contributed by atoms with Crippen molar-refractivity contribution in [1.29, 1.82) is 0 Å². The highest BCUT2D eigenvalue weighted by atomic mass is 16.5. The first-order chi connectivity index (χ1) is 9.33. The molecule has 0 amide bonds. The second-order valence-electron chi connectivity index (χ2n) is 4.50. The number of rotatable bonds is 10. The molecule has 0 radical (unpaired) electrons. The second kappa shape index (κ2) is 9.55. The monoisotopic (exact) mass is 266 g/mol. The van der Waals surface area contributed by atoms with Crippen LogP contribution in [0.4, 0.5) is 11.6 Å². The molecule has 1 rings (SSSR count). The Bertz CT molecular complexity index is 357. The number of ether oxygens (including phenoxy) is 1. The van der Waals surface area contributed by atoms with Gasteiger partial charge in [0.15, 0.2) is 0 Å². The summed E-state index contributed by atoms with van der Waals surface area (Å²) in [6.07, 6.45) is 5.76. The Kier molecular flexibility index (Phi) is 7.89. The van der Waals surface area contributed by atoms with Gasteiger partial charge in [0.25, 0.3) is 0 Å². The molecular formula is C14H26N4O. The Morgan fingerprint density at radius 2 is 1.74 bits per heavy atom. The summed E-state index contributed by atoms with van der Waals surface area (Å²) in [7, 11) is 1.72. The first-order valence-electron chi connectivity index (χ1n) is 7.14. The van der Waals surface area contributed by atoms with E-state index in [-0.39, 0.29) is 0 Å². The SMILES string of the molecule is CCCNc1ncnc(NCCCOC)c1CCC. The first-order valence-corrected chi connectivity index (χ1v) is 7.14. The van der Waals surface area contributed by atoms with Crippen LogP contribution in [0, 0.1) is 0 Å². The molecule has 5 heteroatoms. The molecule has 0 unspecified atom stereocenters. The van der Waals surface area contributed by atoms with Gasteiger partial charge in [-0.1, -0.05) is 20.3 Å². The topological polar surface area (TPSA) is 59.1 Å². The standard InChI is InChI=1S/C14H26N4O/c1-4-7-12-13(15-8-5-2)17-11-18-14(12)16-9-6-10-19-3/h11H,4-10H2,1-3H3,(H2,15,16,17,18). The summed E-state index contributed by atoms with van der Waals surface area (Å²) in [5, 5.41) is 6.75. The van der Waals surface area contributed by atoms with E-state index < -0.39 is 0 Å². The molecule has 0 aromatic carbocycles. The van der Waals surface area contributed by atoms with E-state index in [2.05, 4.69) is 34.4 Å². The smallest absolute Gasteiger partial charge is 0.134 e. The average Bonchev–Trinajstić information content (AvgIpc) is 2.43. The van der Waals surface area contributed by atoms with Gasteiger partial charge in [0.2, 0.25) is 0 Å². The van der Waals surface area contributed by atoms with Crippen molar-refractivity contribution in [3.63, 3.8) is 0 Å². The molecule has 2 N–H and O–H groups in total. The highest BCUT2D eigenvalue weighted by Gasteiger charge is 2.09. The van der Waals surface area contributed by atoms with Crippen LogP contribution in [0.5, 0.6) is 0 Å². The van der Waals surface area contributed by atoms with Crippen LogP contribution in [0.2, 0.25) is 0 Å². The summed E-state index contributed by atoms with van der Waals surface area (Å²) >= 11 is 0. The van der Waals surface area contributed by atoms with Crippen molar-refractivity contribution in [2.45, 2.75) is 39.5 Å². The van der Waals surface area contributed by atoms with E-state index in [9.17, 15) is 0 Å². The number of aromatic nitrogens is 2. The van der Waals surface area contributed by atoms with Crippen molar-refractivity contribution in [3.8, 4) is 0 Å². The van der Waals surface area contributed by atoms with Gasteiger partial charge in [-0.3, -0.25) is 0 Å². The summed E-state index contributed by atoms with van der Waals surface area (Å²) in [5.74, 6) is 1.92. The van der Waals surface area contributed by atoms with Crippen molar-refractivity contribution in [2.75, 3.05) is 37.4 Å². The van der Waals surface area contributed by atoms with Crippen molar-refractivity contribution in [2.24, 2.45) is 0 Å². The van der Waals surface area contributed by atoms with Crippen LogP contribution < -0.4 is 10.6 Å². The molecule has 0 aliphatic heterocycles. The quantitative estimate of drug-likeness (QED) is 0.638. The highest BCUT2D eigenvalue weighted by Crippen LogP contribution is 2.21. The van der Waals surface area contributed by atoms with Crippen molar-refractivity contribution in [1.82, 2.24) is 9.97 Å². The van der Waals surface area contributed by atoms with E-state index in [0.717, 1.165) is 57.0 Å². The number of hydrogen-bond donors (Lipinski definition) is 2. The maximum atomic E-state index is 5.05. The predicted octanol–water partition coefficient (Wildman–Crippen LogP) is 2.70. The Morgan fingerprint density at radius 3 is 2.32 bits per heavy atom. The lowest BCUT2D eigenvalue weighted by Crippen LogP contribution is -2.12. The molecule has 0 atom stereocenters. The van der Waals surface area contributed by atoms with Gasteiger partial charge in [0.05, 0.1) is 0 Å². The fourth-order valence-corrected chi connectivity index (χ4v) is 1.87. The number of methoxy groups -OCH3 is 1. The fourth-order valence-electron chi connectivity index (χ4n) is 1.87. The summed E-state index contributed by atoms with van der Waals surface area (Å²) in [6.45, 7) is 6.90. The molecule has 0 fully saturated rings. The number of anilines is 2. The van der Waals surface area contributed by atoms with Gasteiger partial charge in [0.1, 0.15) is 18.0 Å². The molecule has 19 heavy (non-hydrogen) atoms. The van der Waals surface area contributed by atoms with E-state index in [1.165, 1.54) is 5.56 Å².